The summed E-state index contributed by atoms with van der Waals surface area (Å²) in [6.45, 7) is 9.60. The van der Waals surface area contributed by atoms with Gasteiger partial charge in [0.1, 0.15) is 0 Å². The highest BCUT2D eigenvalue weighted by atomic mass is 15.1. The number of rotatable bonds is 8. The highest BCUT2D eigenvalue weighted by Crippen LogP contribution is 2.55. The van der Waals surface area contributed by atoms with E-state index in [0.717, 1.165) is 22.7 Å². The molecule has 1 heterocycles. The lowest BCUT2D eigenvalue weighted by molar-refractivity contribution is 0.660. The van der Waals surface area contributed by atoms with E-state index < -0.39 is 0 Å². The Morgan fingerprint density at radius 3 is 1.23 bits per heavy atom. The van der Waals surface area contributed by atoms with E-state index in [1.807, 2.05) is 0 Å². The van der Waals surface area contributed by atoms with Crippen molar-refractivity contribution in [2.45, 2.75) is 38.5 Å². The van der Waals surface area contributed by atoms with Crippen molar-refractivity contribution in [1.29, 1.82) is 0 Å². The maximum atomic E-state index is 2.51. The fourth-order valence-electron chi connectivity index (χ4n) is 12.5. The molecule has 12 aromatic rings. The zero-order valence-electron chi connectivity index (χ0n) is 42.1. The number of hydrogen-bond donors (Lipinski definition) is 0. The average molecular weight is 947 g/mol. The molecule has 0 radical (unpaired) electrons. The molecule has 0 spiro atoms. The van der Waals surface area contributed by atoms with Gasteiger partial charge in [0.05, 0.1) is 11.0 Å². The lowest BCUT2D eigenvalue weighted by Crippen LogP contribution is -2.18. The molecule has 2 nitrogen and oxygen atoms in total. The molecule has 0 atom stereocenters. The van der Waals surface area contributed by atoms with Crippen LogP contribution in [0, 0.1) is 0 Å². The number of fused-ring (bicyclic) bond motifs is 9. The molecule has 2 aliphatic rings. The summed E-state index contributed by atoms with van der Waals surface area (Å²) >= 11 is 0. The minimum absolute atomic E-state index is 0.158. The van der Waals surface area contributed by atoms with Gasteiger partial charge in [-0.2, -0.15) is 0 Å². The fraction of sp³-hybridized carbons (Fsp3) is 0.0833. The zero-order valence-corrected chi connectivity index (χ0v) is 42.1. The second-order valence-electron chi connectivity index (χ2n) is 21.4. The topological polar surface area (TPSA) is 8.17 Å². The van der Waals surface area contributed by atoms with Crippen LogP contribution >= 0.6 is 0 Å². The number of benzene rings is 11. The first-order valence-electron chi connectivity index (χ1n) is 26.0. The van der Waals surface area contributed by atoms with Gasteiger partial charge in [-0.15, -0.1) is 0 Å². The molecule has 11 aromatic carbocycles. The minimum Gasteiger partial charge on any atom is -0.310 e. The van der Waals surface area contributed by atoms with E-state index in [0.29, 0.717) is 0 Å². The van der Waals surface area contributed by atoms with E-state index in [9.17, 15) is 0 Å². The Balaban J connectivity index is 0.964. The number of aromatic nitrogens is 1. The molecule has 0 bridgehead atoms. The van der Waals surface area contributed by atoms with Crippen LogP contribution in [0.25, 0.3) is 94.3 Å². The van der Waals surface area contributed by atoms with Crippen molar-refractivity contribution in [3.8, 4) is 72.4 Å². The predicted octanol–water partition coefficient (Wildman–Crippen LogP) is 19.5. The van der Waals surface area contributed by atoms with Gasteiger partial charge in [0.15, 0.2) is 0 Å². The molecule has 74 heavy (non-hydrogen) atoms. The van der Waals surface area contributed by atoms with Gasteiger partial charge in [-0.3, -0.25) is 0 Å². The fourth-order valence-corrected chi connectivity index (χ4v) is 12.5. The third-order valence-electron chi connectivity index (χ3n) is 16.3. The largest absolute Gasteiger partial charge is 0.310 e. The molecular formula is C72H54N2. The first kappa shape index (κ1) is 43.8. The summed E-state index contributed by atoms with van der Waals surface area (Å²) in [4.78, 5) is 2.51. The monoisotopic (exact) mass is 946 g/mol. The van der Waals surface area contributed by atoms with Gasteiger partial charge in [-0.05, 0) is 168 Å². The zero-order chi connectivity index (χ0) is 49.7. The van der Waals surface area contributed by atoms with Gasteiger partial charge >= 0.3 is 0 Å². The van der Waals surface area contributed by atoms with Crippen LogP contribution in [0.5, 0.6) is 0 Å². The third-order valence-corrected chi connectivity index (χ3v) is 16.3. The van der Waals surface area contributed by atoms with E-state index in [-0.39, 0.29) is 10.8 Å². The third kappa shape index (κ3) is 6.93. The van der Waals surface area contributed by atoms with Crippen molar-refractivity contribution >= 4 is 38.9 Å². The molecule has 1 aromatic heterocycles. The smallest absolute Gasteiger partial charge is 0.0544 e. The second-order valence-corrected chi connectivity index (χ2v) is 21.4. The summed E-state index contributed by atoms with van der Waals surface area (Å²) in [5.41, 5.74) is 26.6. The average Bonchev–Trinajstić information content (AvgIpc) is 3.99. The Morgan fingerprint density at radius 2 is 0.689 bits per heavy atom. The molecule has 14 rings (SSSR count). The molecule has 0 aliphatic heterocycles. The van der Waals surface area contributed by atoms with Crippen LogP contribution in [0.1, 0.15) is 49.9 Å². The molecule has 0 N–H and O–H groups in total. The number of hydrogen-bond acceptors (Lipinski definition) is 1. The molecule has 0 amide bonds. The second kappa shape index (κ2) is 16.8. The number of para-hydroxylation sites is 1. The molecule has 0 fully saturated rings. The Kier molecular flexibility index (Phi) is 9.94. The van der Waals surface area contributed by atoms with Crippen LogP contribution in [-0.2, 0) is 10.8 Å². The Morgan fingerprint density at radius 1 is 0.270 bits per heavy atom. The van der Waals surface area contributed by atoms with Gasteiger partial charge in [0, 0.05) is 44.4 Å². The lowest BCUT2D eigenvalue weighted by Gasteiger charge is -2.30. The van der Waals surface area contributed by atoms with Crippen molar-refractivity contribution in [2.75, 3.05) is 4.90 Å². The summed E-state index contributed by atoms with van der Waals surface area (Å²) < 4.78 is 2.51. The minimum atomic E-state index is -0.314. The van der Waals surface area contributed by atoms with Gasteiger partial charge in [0.25, 0.3) is 0 Å². The molecule has 352 valence electrons. The van der Waals surface area contributed by atoms with Crippen molar-refractivity contribution in [1.82, 2.24) is 4.57 Å². The maximum absolute atomic E-state index is 2.51. The van der Waals surface area contributed by atoms with Crippen LogP contribution in [0.2, 0.25) is 0 Å². The summed E-state index contributed by atoms with van der Waals surface area (Å²) in [6, 6.07) is 94.7. The summed E-state index contributed by atoms with van der Waals surface area (Å²) in [5, 5.41) is 2.51. The Hall–Kier alpha value is -8.98. The van der Waals surface area contributed by atoms with Gasteiger partial charge in [-0.25, -0.2) is 0 Å². The van der Waals surface area contributed by atoms with E-state index in [1.54, 1.807) is 0 Å². The molecule has 2 aliphatic carbocycles. The van der Waals surface area contributed by atoms with Crippen LogP contribution < -0.4 is 4.90 Å². The molecule has 2 heteroatoms. The molecule has 0 saturated carbocycles. The van der Waals surface area contributed by atoms with Crippen LogP contribution in [0.4, 0.5) is 17.1 Å². The summed E-state index contributed by atoms with van der Waals surface area (Å²) in [5.74, 6) is 0. The number of anilines is 3. The standard InChI is InChI=1S/C72H54N2/c1-71(2)65-31-19-17-29-59(65)60-35-33-55(43-66(60)71)73(57-39-51(47-21-9-5-10-22-47)37-52(40-57)48-23-11-6-12-24-48)56-34-36-61-63-45-64-62-30-18-20-32-69(62)74(70(64)46-68(63)72(3,4)67(61)44-56)58-41-53(49-25-13-7-14-26-49)38-54(42-58)50-27-15-8-16-28-50/h5-46H,1-4H3. The van der Waals surface area contributed by atoms with Crippen LogP contribution in [-0.4, -0.2) is 4.57 Å². The van der Waals surface area contributed by atoms with Crippen molar-refractivity contribution < 1.29 is 0 Å². The molecule has 0 unspecified atom stereocenters. The number of nitrogens with zero attached hydrogens (tertiary/aromatic N) is 2. The first-order chi connectivity index (χ1) is 36.2. The van der Waals surface area contributed by atoms with E-state index >= 15 is 0 Å². The van der Waals surface area contributed by atoms with Crippen molar-refractivity contribution in [3.05, 3.63) is 277 Å². The van der Waals surface area contributed by atoms with Gasteiger partial charge in [-0.1, -0.05) is 204 Å². The van der Waals surface area contributed by atoms with Crippen molar-refractivity contribution in [2.24, 2.45) is 0 Å². The Bertz CT molecular complexity index is 4050. The first-order valence-corrected chi connectivity index (χ1v) is 26.0. The molecule has 0 saturated heterocycles. The van der Waals surface area contributed by atoms with Gasteiger partial charge < -0.3 is 9.47 Å². The highest BCUT2D eigenvalue weighted by Gasteiger charge is 2.39. The van der Waals surface area contributed by atoms with Gasteiger partial charge in [0.2, 0.25) is 0 Å². The summed E-state index contributed by atoms with van der Waals surface area (Å²) in [6.07, 6.45) is 0. The van der Waals surface area contributed by atoms with Crippen LogP contribution in [0.3, 0.4) is 0 Å². The normalized spacial score (nSPS) is 13.6. The summed E-state index contributed by atoms with van der Waals surface area (Å²) in [7, 11) is 0. The van der Waals surface area contributed by atoms with Crippen molar-refractivity contribution in [3.63, 3.8) is 0 Å². The lowest BCUT2D eigenvalue weighted by atomic mass is 9.81. The van der Waals surface area contributed by atoms with E-state index in [2.05, 4.69) is 292 Å². The SMILES string of the molecule is CC1(C)c2ccccc2-c2ccc(N(c3cc(-c4ccccc4)cc(-c4ccccc4)c3)c3ccc4c(c3)C(C)(C)c3cc5c(cc3-4)c3ccccc3n5-c3cc(-c4ccccc4)cc(-c4ccccc4)c3)cc21. The van der Waals surface area contributed by atoms with Crippen LogP contribution in [0.15, 0.2) is 255 Å². The Labute approximate surface area is 434 Å². The quantitative estimate of drug-likeness (QED) is 0.147. The highest BCUT2D eigenvalue weighted by molar-refractivity contribution is 6.12. The van der Waals surface area contributed by atoms with E-state index in [4.69, 9.17) is 0 Å². The van der Waals surface area contributed by atoms with E-state index in [1.165, 1.54) is 111 Å². The maximum Gasteiger partial charge on any atom is 0.0544 e. The molecular weight excluding hydrogens is 893 g/mol. The predicted molar refractivity (Wildman–Crippen MR) is 312 cm³/mol.